The Morgan fingerprint density at radius 1 is 1.28 bits per heavy atom. The summed E-state index contributed by atoms with van der Waals surface area (Å²) < 4.78 is 0. The van der Waals surface area contributed by atoms with Gasteiger partial charge in [0.2, 0.25) is 0 Å². The molecule has 1 aliphatic rings. The number of aromatic nitrogens is 1. The van der Waals surface area contributed by atoms with Crippen LogP contribution in [0.25, 0.3) is 0 Å². The van der Waals surface area contributed by atoms with Crippen molar-refractivity contribution in [3.8, 4) is 0 Å². The number of aryl methyl sites for hydroxylation is 1. The highest BCUT2D eigenvalue weighted by atomic mass is 35.5. The van der Waals surface area contributed by atoms with E-state index in [0.29, 0.717) is 11.1 Å². The lowest BCUT2D eigenvalue weighted by atomic mass is 10.1. The van der Waals surface area contributed by atoms with Crippen LogP contribution < -0.4 is 4.90 Å². The Hall–Kier alpha value is -1.54. The van der Waals surface area contributed by atoms with Crippen LogP contribution in [-0.4, -0.2) is 12.0 Å². The molecule has 0 saturated heterocycles. The maximum atomic E-state index is 6.22. The van der Waals surface area contributed by atoms with Crippen LogP contribution in [0, 0.1) is 0 Å². The van der Waals surface area contributed by atoms with E-state index < -0.39 is 0 Å². The molecule has 0 N–H and O–H groups in total. The van der Waals surface area contributed by atoms with E-state index in [-0.39, 0.29) is 0 Å². The Kier molecular flexibility index (Phi) is 2.96. The normalized spacial score (nSPS) is 17.6. The van der Waals surface area contributed by atoms with Gasteiger partial charge in [-0.15, -0.1) is 0 Å². The number of pyridine rings is 1. The fourth-order valence-corrected chi connectivity index (χ4v) is 3.01. The molecule has 3 heteroatoms. The zero-order chi connectivity index (χ0) is 12.5. The van der Waals surface area contributed by atoms with Crippen molar-refractivity contribution in [1.29, 1.82) is 0 Å². The third-order valence-corrected chi connectivity index (χ3v) is 3.99. The number of fused-ring (bicyclic) bond motifs is 1. The standard InChI is InChI=1S/C15H15ClN2/c1-18(15-8-9-17-10-13(15)16)14-7-6-11-4-2-3-5-12(11)14/h2-5,8-10,14H,6-7H2,1H3. The number of nitrogens with zero attached hydrogens (tertiary/aromatic N) is 2. The summed E-state index contributed by atoms with van der Waals surface area (Å²) in [5, 5.41) is 0.712. The third-order valence-electron chi connectivity index (χ3n) is 3.70. The van der Waals surface area contributed by atoms with E-state index in [9.17, 15) is 0 Å². The summed E-state index contributed by atoms with van der Waals surface area (Å²) in [4.78, 5) is 6.30. The topological polar surface area (TPSA) is 16.1 Å². The van der Waals surface area contributed by atoms with Crippen LogP contribution in [0.2, 0.25) is 5.02 Å². The molecule has 0 radical (unpaired) electrons. The van der Waals surface area contributed by atoms with Gasteiger partial charge in [-0.2, -0.15) is 0 Å². The fourth-order valence-electron chi connectivity index (χ4n) is 2.76. The van der Waals surface area contributed by atoms with Gasteiger partial charge in [-0.25, -0.2) is 0 Å². The molecule has 2 nitrogen and oxygen atoms in total. The average molecular weight is 259 g/mol. The van der Waals surface area contributed by atoms with E-state index >= 15 is 0 Å². The molecule has 0 amide bonds. The molecule has 1 unspecified atom stereocenters. The monoisotopic (exact) mass is 258 g/mol. The smallest absolute Gasteiger partial charge is 0.0822 e. The average Bonchev–Trinajstić information content (AvgIpc) is 2.82. The van der Waals surface area contributed by atoms with Gasteiger partial charge in [0, 0.05) is 19.4 Å². The van der Waals surface area contributed by atoms with Gasteiger partial charge in [0.15, 0.2) is 0 Å². The number of benzene rings is 1. The van der Waals surface area contributed by atoms with Crippen LogP contribution in [0.1, 0.15) is 23.6 Å². The van der Waals surface area contributed by atoms with Crippen LogP contribution in [0.5, 0.6) is 0 Å². The lowest BCUT2D eigenvalue weighted by molar-refractivity contribution is 0.662. The Morgan fingerprint density at radius 2 is 2.11 bits per heavy atom. The lowest BCUT2D eigenvalue weighted by Gasteiger charge is -2.28. The molecule has 1 aromatic heterocycles. The highest BCUT2D eigenvalue weighted by Crippen LogP contribution is 2.38. The SMILES string of the molecule is CN(c1ccncc1Cl)C1CCc2ccccc21. The molecule has 1 atom stereocenters. The van der Waals surface area contributed by atoms with E-state index in [1.165, 1.54) is 11.1 Å². The first-order valence-electron chi connectivity index (χ1n) is 6.17. The molecule has 0 spiro atoms. The van der Waals surface area contributed by atoms with Gasteiger partial charge in [-0.05, 0) is 30.0 Å². The number of anilines is 1. The van der Waals surface area contributed by atoms with Gasteiger partial charge < -0.3 is 4.90 Å². The minimum Gasteiger partial charge on any atom is -0.366 e. The zero-order valence-electron chi connectivity index (χ0n) is 10.3. The van der Waals surface area contributed by atoms with Crippen molar-refractivity contribution in [2.45, 2.75) is 18.9 Å². The molecule has 18 heavy (non-hydrogen) atoms. The van der Waals surface area contributed by atoms with Gasteiger partial charge in [0.1, 0.15) is 0 Å². The summed E-state index contributed by atoms with van der Waals surface area (Å²) in [6.45, 7) is 0. The van der Waals surface area contributed by atoms with Gasteiger partial charge >= 0.3 is 0 Å². The Bertz CT molecular complexity index is 568. The minimum atomic E-state index is 0.418. The van der Waals surface area contributed by atoms with E-state index in [1.807, 2.05) is 6.07 Å². The molecular weight excluding hydrogens is 244 g/mol. The molecule has 0 bridgehead atoms. The summed E-state index contributed by atoms with van der Waals surface area (Å²) in [5.74, 6) is 0. The van der Waals surface area contributed by atoms with Crippen molar-refractivity contribution in [2.75, 3.05) is 11.9 Å². The first kappa shape index (κ1) is 11.5. The molecular formula is C15H15ClN2. The number of hydrogen-bond donors (Lipinski definition) is 0. The maximum absolute atomic E-state index is 6.22. The Morgan fingerprint density at radius 3 is 2.94 bits per heavy atom. The van der Waals surface area contributed by atoms with Crippen molar-refractivity contribution in [3.63, 3.8) is 0 Å². The van der Waals surface area contributed by atoms with Crippen LogP contribution in [0.3, 0.4) is 0 Å². The van der Waals surface area contributed by atoms with Crippen LogP contribution in [-0.2, 0) is 6.42 Å². The van der Waals surface area contributed by atoms with E-state index in [0.717, 1.165) is 18.5 Å². The fraction of sp³-hybridized carbons (Fsp3) is 0.267. The number of halogens is 1. The molecule has 0 aliphatic heterocycles. The number of rotatable bonds is 2. The zero-order valence-corrected chi connectivity index (χ0v) is 11.1. The summed E-state index contributed by atoms with van der Waals surface area (Å²) in [7, 11) is 2.11. The molecule has 2 aromatic rings. The van der Waals surface area contributed by atoms with Crippen molar-refractivity contribution in [3.05, 3.63) is 58.9 Å². The molecule has 1 aliphatic carbocycles. The maximum Gasteiger partial charge on any atom is 0.0822 e. The van der Waals surface area contributed by atoms with Crippen LogP contribution in [0.4, 0.5) is 5.69 Å². The molecule has 1 heterocycles. The van der Waals surface area contributed by atoms with Crippen LogP contribution >= 0.6 is 11.6 Å². The molecule has 0 saturated carbocycles. The Balaban J connectivity index is 1.96. The summed E-state index contributed by atoms with van der Waals surface area (Å²) in [6, 6.07) is 11.1. The van der Waals surface area contributed by atoms with Gasteiger partial charge in [0.25, 0.3) is 0 Å². The predicted octanol–water partition coefficient (Wildman–Crippen LogP) is 3.86. The summed E-state index contributed by atoms with van der Waals surface area (Å²) in [6.07, 6.45) is 5.79. The quantitative estimate of drug-likeness (QED) is 0.813. The van der Waals surface area contributed by atoms with E-state index in [4.69, 9.17) is 11.6 Å². The van der Waals surface area contributed by atoms with Crippen molar-refractivity contribution in [1.82, 2.24) is 4.98 Å². The first-order valence-corrected chi connectivity index (χ1v) is 6.55. The van der Waals surface area contributed by atoms with Crippen molar-refractivity contribution in [2.24, 2.45) is 0 Å². The molecule has 3 rings (SSSR count). The second-order valence-corrected chi connectivity index (χ2v) is 5.10. The third kappa shape index (κ3) is 1.87. The second-order valence-electron chi connectivity index (χ2n) is 4.69. The predicted molar refractivity (Wildman–Crippen MR) is 75.2 cm³/mol. The summed E-state index contributed by atoms with van der Waals surface area (Å²) in [5.41, 5.74) is 3.93. The first-order chi connectivity index (χ1) is 8.77. The van der Waals surface area contributed by atoms with Crippen LogP contribution in [0.15, 0.2) is 42.7 Å². The summed E-state index contributed by atoms with van der Waals surface area (Å²) >= 11 is 6.22. The highest BCUT2D eigenvalue weighted by Gasteiger charge is 2.26. The lowest BCUT2D eigenvalue weighted by Crippen LogP contribution is -2.22. The molecule has 92 valence electrons. The largest absolute Gasteiger partial charge is 0.366 e. The van der Waals surface area contributed by atoms with Gasteiger partial charge in [-0.3, -0.25) is 4.98 Å². The molecule has 1 aromatic carbocycles. The highest BCUT2D eigenvalue weighted by molar-refractivity contribution is 6.33. The number of hydrogen-bond acceptors (Lipinski definition) is 2. The van der Waals surface area contributed by atoms with E-state index in [2.05, 4.69) is 41.2 Å². The molecule has 0 fully saturated rings. The Labute approximate surface area is 112 Å². The van der Waals surface area contributed by atoms with Gasteiger partial charge in [-0.1, -0.05) is 35.9 Å². The van der Waals surface area contributed by atoms with E-state index in [1.54, 1.807) is 12.4 Å². The van der Waals surface area contributed by atoms with Crippen molar-refractivity contribution >= 4 is 17.3 Å². The minimum absolute atomic E-state index is 0.418. The van der Waals surface area contributed by atoms with Crippen molar-refractivity contribution < 1.29 is 0 Å². The van der Waals surface area contributed by atoms with Gasteiger partial charge in [0.05, 0.1) is 16.8 Å². The second kappa shape index (κ2) is 4.62.